The number of hydrogen-bond acceptors (Lipinski definition) is 5. The first kappa shape index (κ1) is 19.8. The lowest BCUT2D eigenvalue weighted by molar-refractivity contribution is 0.0949. The van der Waals surface area contributed by atoms with E-state index in [-0.39, 0.29) is 23.4 Å². The maximum absolute atomic E-state index is 13.9. The van der Waals surface area contributed by atoms with E-state index >= 15 is 0 Å². The van der Waals surface area contributed by atoms with Crippen molar-refractivity contribution in [2.75, 3.05) is 0 Å². The Hall–Kier alpha value is -3.52. The van der Waals surface area contributed by atoms with Crippen molar-refractivity contribution in [3.05, 3.63) is 82.2 Å². The molecule has 2 heterocycles. The molecule has 0 fully saturated rings. The quantitative estimate of drug-likeness (QED) is 0.473. The molecule has 2 aromatic heterocycles. The van der Waals surface area contributed by atoms with Crippen molar-refractivity contribution in [3.63, 3.8) is 0 Å². The molecule has 0 radical (unpaired) electrons. The van der Waals surface area contributed by atoms with Gasteiger partial charge in [-0.15, -0.1) is 0 Å². The lowest BCUT2D eigenvalue weighted by Crippen LogP contribution is -2.23. The Kier molecular flexibility index (Phi) is 5.33. The molecule has 2 aromatic carbocycles. The Morgan fingerprint density at radius 3 is 2.63 bits per heavy atom. The first-order valence-corrected chi connectivity index (χ1v) is 9.22. The van der Waals surface area contributed by atoms with Crippen LogP contribution in [-0.2, 0) is 6.54 Å². The Morgan fingerprint density at radius 1 is 1.07 bits per heavy atom. The summed E-state index contributed by atoms with van der Waals surface area (Å²) < 4.78 is 37.3. The zero-order valence-corrected chi connectivity index (χ0v) is 16.3. The van der Waals surface area contributed by atoms with Gasteiger partial charge in [0.15, 0.2) is 5.76 Å². The normalized spacial score (nSPS) is 10.9. The number of carbonyl (C=O) groups excluding carboxylic acids is 1. The molecule has 0 bridgehead atoms. The lowest BCUT2D eigenvalue weighted by Gasteiger charge is -2.05. The van der Waals surface area contributed by atoms with Gasteiger partial charge in [-0.25, -0.2) is 8.78 Å². The minimum Gasteiger partial charge on any atom is -0.360 e. The average Bonchev–Trinajstić information content (AvgIpc) is 3.33. The minimum absolute atomic E-state index is 0.0116. The molecule has 30 heavy (non-hydrogen) atoms. The molecule has 0 aliphatic carbocycles. The van der Waals surface area contributed by atoms with E-state index in [9.17, 15) is 13.6 Å². The molecule has 0 saturated carbocycles. The Morgan fingerprint density at radius 2 is 1.87 bits per heavy atom. The van der Waals surface area contributed by atoms with Gasteiger partial charge in [-0.3, -0.25) is 4.79 Å². The van der Waals surface area contributed by atoms with Crippen molar-refractivity contribution in [2.45, 2.75) is 13.5 Å². The second kappa shape index (κ2) is 8.08. The Balaban J connectivity index is 1.52. The number of aromatic nitrogens is 2. The second-order valence-electron chi connectivity index (χ2n) is 6.43. The van der Waals surface area contributed by atoms with E-state index in [1.165, 1.54) is 12.1 Å². The summed E-state index contributed by atoms with van der Waals surface area (Å²) in [5.74, 6) is -1.46. The van der Waals surface area contributed by atoms with Crippen LogP contribution in [0, 0.1) is 18.6 Å². The number of amides is 1. The Labute approximate surface area is 174 Å². The van der Waals surface area contributed by atoms with Crippen molar-refractivity contribution >= 4 is 17.5 Å². The predicted octanol–water partition coefficient (Wildman–Crippen LogP) is 5.17. The molecule has 6 nitrogen and oxygen atoms in total. The first-order valence-electron chi connectivity index (χ1n) is 8.84. The third kappa shape index (κ3) is 3.81. The third-order valence-electron chi connectivity index (χ3n) is 4.40. The van der Waals surface area contributed by atoms with Crippen LogP contribution in [0.4, 0.5) is 8.78 Å². The summed E-state index contributed by atoms with van der Waals surface area (Å²) >= 11 is 6.21. The molecule has 0 saturated heterocycles. The summed E-state index contributed by atoms with van der Waals surface area (Å²) in [5, 5.41) is 10.9. The summed E-state index contributed by atoms with van der Waals surface area (Å²) in [6.07, 6.45) is 0. The number of rotatable bonds is 5. The van der Waals surface area contributed by atoms with E-state index in [1.807, 2.05) is 0 Å². The highest BCUT2D eigenvalue weighted by Crippen LogP contribution is 2.31. The van der Waals surface area contributed by atoms with Crippen LogP contribution in [0.2, 0.25) is 5.02 Å². The average molecular weight is 430 g/mol. The van der Waals surface area contributed by atoms with Crippen molar-refractivity contribution in [3.8, 4) is 22.6 Å². The predicted molar refractivity (Wildman–Crippen MR) is 105 cm³/mol. The molecule has 1 N–H and O–H groups in total. The van der Waals surface area contributed by atoms with Crippen molar-refractivity contribution in [1.82, 2.24) is 15.6 Å². The monoisotopic (exact) mass is 429 g/mol. The van der Waals surface area contributed by atoms with E-state index in [4.69, 9.17) is 20.6 Å². The molecular weight excluding hydrogens is 416 g/mol. The zero-order chi connectivity index (χ0) is 21.3. The molecule has 4 rings (SSSR count). The summed E-state index contributed by atoms with van der Waals surface area (Å²) in [6.45, 7) is 1.63. The van der Waals surface area contributed by atoms with Gasteiger partial charge in [-0.05, 0) is 25.1 Å². The maximum atomic E-state index is 13.9. The number of carbonyl (C=O) groups is 1. The summed E-state index contributed by atoms with van der Waals surface area (Å²) in [5.41, 5.74) is 1.56. The van der Waals surface area contributed by atoms with E-state index < -0.39 is 17.5 Å². The fourth-order valence-electron chi connectivity index (χ4n) is 2.95. The Bertz CT molecular complexity index is 1240. The van der Waals surface area contributed by atoms with Crippen LogP contribution in [0.3, 0.4) is 0 Å². The van der Waals surface area contributed by atoms with Crippen LogP contribution < -0.4 is 5.32 Å². The van der Waals surface area contributed by atoms with E-state index in [2.05, 4.69) is 15.6 Å². The molecule has 1 amide bonds. The standard InChI is InChI=1S/C21H14ClF2N3O3/c1-11-19(20(27-29-11)14-4-2-3-5-16(14)22)21(28)25-10-13-9-18(30-26-13)15-7-6-12(23)8-17(15)24/h2-9H,10H2,1H3,(H,25,28). The van der Waals surface area contributed by atoms with Crippen LogP contribution in [0.25, 0.3) is 22.6 Å². The maximum Gasteiger partial charge on any atom is 0.257 e. The summed E-state index contributed by atoms with van der Waals surface area (Å²) in [4.78, 5) is 12.8. The number of nitrogens with one attached hydrogen (secondary N) is 1. The topological polar surface area (TPSA) is 81.2 Å². The van der Waals surface area contributed by atoms with Gasteiger partial charge in [0.25, 0.3) is 5.91 Å². The first-order chi connectivity index (χ1) is 14.4. The van der Waals surface area contributed by atoms with Gasteiger partial charge in [-0.2, -0.15) is 0 Å². The van der Waals surface area contributed by atoms with Crippen LogP contribution in [0.1, 0.15) is 21.8 Å². The highest BCUT2D eigenvalue weighted by atomic mass is 35.5. The van der Waals surface area contributed by atoms with E-state index in [1.54, 1.807) is 31.2 Å². The smallest absolute Gasteiger partial charge is 0.257 e. The fourth-order valence-corrected chi connectivity index (χ4v) is 3.17. The summed E-state index contributed by atoms with van der Waals surface area (Å²) in [6, 6.07) is 11.6. The zero-order valence-electron chi connectivity index (χ0n) is 15.6. The highest BCUT2D eigenvalue weighted by Gasteiger charge is 2.23. The van der Waals surface area contributed by atoms with E-state index in [0.29, 0.717) is 27.7 Å². The van der Waals surface area contributed by atoms with Gasteiger partial charge in [0, 0.05) is 17.7 Å². The van der Waals surface area contributed by atoms with Gasteiger partial charge >= 0.3 is 0 Å². The van der Waals surface area contributed by atoms with Crippen molar-refractivity contribution < 1.29 is 22.6 Å². The van der Waals surface area contributed by atoms with Gasteiger partial charge in [0.05, 0.1) is 17.1 Å². The molecule has 4 aromatic rings. The number of aryl methyl sites for hydroxylation is 1. The van der Waals surface area contributed by atoms with Gasteiger partial charge in [0.2, 0.25) is 0 Å². The van der Waals surface area contributed by atoms with Crippen LogP contribution in [0.15, 0.2) is 57.6 Å². The SMILES string of the molecule is Cc1onc(-c2ccccc2Cl)c1C(=O)NCc1cc(-c2ccc(F)cc2F)on1. The molecule has 0 spiro atoms. The van der Waals surface area contributed by atoms with Gasteiger partial charge in [0.1, 0.15) is 34.3 Å². The number of nitrogens with zero attached hydrogens (tertiary/aromatic N) is 2. The molecular formula is C21H14ClF2N3O3. The molecule has 152 valence electrons. The lowest BCUT2D eigenvalue weighted by atomic mass is 10.1. The molecule has 0 aliphatic heterocycles. The van der Waals surface area contributed by atoms with Gasteiger partial charge in [-0.1, -0.05) is 40.1 Å². The van der Waals surface area contributed by atoms with Crippen molar-refractivity contribution in [1.29, 1.82) is 0 Å². The van der Waals surface area contributed by atoms with Gasteiger partial charge < -0.3 is 14.4 Å². The highest BCUT2D eigenvalue weighted by molar-refractivity contribution is 6.33. The molecule has 0 unspecified atom stereocenters. The molecule has 9 heteroatoms. The van der Waals surface area contributed by atoms with Crippen LogP contribution in [0.5, 0.6) is 0 Å². The van der Waals surface area contributed by atoms with Crippen molar-refractivity contribution in [2.24, 2.45) is 0 Å². The molecule has 0 atom stereocenters. The number of benzene rings is 2. The number of halogens is 3. The van der Waals surface area contributed by atoms with E-state index in [0.717, 1.165) is 12.1 Å². The second-order valence-corrected chi connectivity index (χ2v) is 6.84. The van der Waals surface area contributed by atoms with Crippen LogP contribution >= 0.6 is 11.6 Å². The molecule has 0 aliphatic rings. The van der Waals surface area contributed by atoms with Crippen LogP contribution in [-0.4, -0.2) is 16.2 Å². The third-order valence-corrected chi connectivity index (χ3v) is 4.73. The summed E-state index contributed by atoms with van der Waals surface area (Å²) in [7, 11) is 0. The largest absolute Gasteiger partial charge is 0.360 e. The minimum atomic E-state index is -0.772. The number of hydrogen-bond donors (Lipinski definition) is 1. The fraction of sp³-hybridized carbons (Fsp3) is 0.0952.